The lowest BCUT2D eigenvalue weighted by Gasteiger charge is -2.49. The molecular weight excluding hydrogens is 562 g/mol. The maximum atomic E-state index is 12.6. The molecule has 252 valence electrons. The number of carbonyl (C=O) groups excluding carboxylic acids is 2. The van der Waals surface area contributed by atoms with Crippen LogP contribution in [0.1, 0.15) is 118 Å². The highest BCUT2D eigenvalue weighted by Crippen LogP contribution is 2.65. The minimum atomic E-state index is -0.156. The van der Waals surface area contributed by atoms with Gasteiger partial charge in [-0.1, -0.05) is 51.3 Å². The zero-order chi connectivity index (χ0) is 31.9. The Morgan fingerprint density at radius 3 is 2.67 bits per heavy atom. The highest BCUT2D eigenvalue weighted by Gasteiger charge is 2.61. The topological polar surface area (TPSA) is 90.9 Å². The molecule has 0 aromatic carbocycles. The van der Waals surface area contributed by atoms with Gasteiger partial charge in [-0.3, -0.25) is 14.5 Å². The van der Waals surface area contributed by atoms with Crippen LogP contribution in [-0.4, -0.2) is 71.9 Å². The molecule has 7 nitrogen and oxygen atoms in total. The average Bonchev–Trinajstić information content (AvgIpc) is 3.53. The van der Waals surface area contributed by atoms with Gasteiger partial charge in [0.15, 0.2) is 0 Å². The molecule has 0 radical (unpaired) electrons. The molecule has 2 heterocycles. The maximum Gasteiger partial charge on any atom is 0.220 e. The average molecular weight is 624 g/mol. The van der Waals surface area contributed by atoms with E-state index in [2.05, 4.69) is 49.3 Å². The molecule has 6 aliphatic rings. The third-order valence-corrected chi connectivity index (χ3v) is 13.5. The van der Waals surface area contributed by atoms with E-state index in [0.717, 1.165) is 70.4 Å². The van der Waals surface area contributed by atoms with E-state index in [1.807, 2.05) is 6.92 Å². The molecule has 0 bridgehead atoms. The molecule has 2 aliphatic heterocycles. The molecule has 6 rings (SSSR count). The van der Waals surface area contributed by atoms with E-state index in [9.17, 15) is 14.7 Å². The molecule has 3 N–H and O–H groups in total. The first kappa shape index (κ1) is 33.2. The number of hydrogen-bond acceptors (Lipinski definition) is 5. The van der Waals surface area contributed by atoms with E-state index in [0.29, 0.717) is 55.6 Å². The number of piperidine rings is 1. The van der Waals surface area contributed by atoms with Gasteiger partial charge in [-0.25, -0.2) is 0 Å². The largest absolute Gasteiger partial charge is 0.393 e. The van der Waals surface area contributed by atoms with Crippen molar-refractivity contribution in [3.8, 4) is 0 Å². The molecule has 4 fully saturated rings. The first-order valence-corrected chi connectivity index (χ1v) is 18.6. The Kier molecular flexibility index (Phi) is 9.91. The quantitative estimate of drug-likeness (QED) is 0.208. The van der Waals surface area contributed by atoms with Gasteiger partial charge in [0.25, 0.3) is 0 Å². The number of ether oxygens (including phenoxy) is 1. The fraction of sp³-hybridized carbons (Fsp3) is 0.842. The second-order valence-corrected chi connectivity index (χ2v) is 16.1. The van der Waals surface area contributed by atoms with Gasteiger partial charge in [-0.05, 0) is 106 Å². The van der Waals surface area contributed by atoms with Gasteiger partial charge in [0.2, 0.25) is 11.8 Å². The molecular formula is C38H61N3O4. The Morgan fingerprint density at radius 2 is 1.87 bits per heavy atom. The summed E-state index contributed by atoms with van der Waals surface area (Å²) >= 11 is 0. The lowest BCUT2D eigenvalue weighted by molar-refractivity contribution is -0.122. The van der Waals surface area contributed by atoms with Crippen LogP contribution >= 0.6 is 0 Å². The fourth-order valence-electron chi connectivity index (χ4n) is 11.1. The SMILES string of the molecule is CCC(=O)NCCCCCC(=O)NCCN1C[C@@H](C)C[C@H]2OC3(CC[C@@H]4C(=C3C)C[C@H]3[C@H]4CC=C4C[C@@H](O)CC[C@@]43C)[C@H](C)[C@@H]21. The number of fused-ring (bicyclic) bond motifs is 6. The van der Waals surface area contributed by atoms with E-state index in [4.69, 9.17) is 4.74 Å². The van der Waals surface area contributed by atoms with Crippen LogP contribution in [0.5, 0.6) is 0 Å². The molecule has 1 spiro atoms. The molecule has 0 aromatic heterocycles. The van der Waals surface area contributed by atoms with E-state index in [1.165, 1.54) is 19.3 Å². The minimum Gasteiger partial charge on any atom is -0.393 e. The van der Waals surface area contributed by atoms with Crippen LogP contribution in [0.4, 0.5) is 0 Å². The van der Waals surface area contributed by atoms with Crippen LogP contribution in [-0.2, 0) is 14.3 Å². The summed E-state index contributed by atoms with van der Waals surface area (Å²) in [6, 6.07) is 0.401. The molecule has 10 atom stereocenters. The standard InChI is InChI=1S/C38H61N3O4/c1-6-34(43)39-17-9-7-8-10-35(44)40-18-19-41-23-24(2)20-33-36(41)26(4)38(45-33)16-14-29-30-12-11-27-21-28(42)13-15-37(27,5)32(30)22-31(29)25(38)3/h11,24,26,28-30,32-33,36,42H,6-10,12-23H2,1-5H3,(H,39,43)(H,40,44)/t24-,26+,28-,29-,30-,32-,33+,36-,37-,38?/m0/s1. The smallest absolute Gasteiger partial charge is 0.220 e. The Hall–Kier alpha value is -1.70. The fourth-order valence-corrected chi connectivity index (χ4v) is 11.1. The number of likely N-dealkylation sites (tertiary alicyclic amines) is 1. The molecule has 7 heteroatoms. The van der Waals surface area contributed by atoms with Crippen LogP contribution in [0.3, 0.4) is 0 Å². The van der Waals surface area contributed by atoms with Crippen LogP contribution < -0.4 is 10.6 Å². The van der Waals surface area contributed by atoms with Crippen molar-refractivity contribution in [3.05, 3.63) is 22.8 Å². The van der Waals surface area contributed by atoms with Crippen molar-refractivity contribution in [2.24, 2.45) is 35.0 Å². The van der Waals surface area contributed by atoms with Gasteiger partial charge in [0, 0.05) is 51.0 Å². The van der Waals surface area contributed by atoms with Gasteiger partial charge >= 0.3 is 0 Å². The highest BCUT2D eigenvalue weighted by molar-refractivity contribution is 5.76. The molecule has 2 amide bonds. The Balaban J connectivity index is 1.07. The van der Waals surface area contributed by atoms with Gasteiger partial charge in [-0.15, -0.1) is 0 Å². The Morgan fingerprint density at radius 1 is 1.07 bits per heavy atom. The summed E-state index contributed by atoms with van der Waals surface area (Å²) in [5.41, 5.74) is 4.92. The third-order valence-electron chi connectivity index (χ3n) is 13.5. The van der Waals surface area contributed by atoms with Gasteiger partial charge in [0.05, 0.1) is 17.8 Å². The predicted octanol–water partition coefficient (Wildman–Crippen LogP) is 5.92. The monoisotopic (exact) mass is 623 g/mol. The van der Waals surface area contributed by atoms with Crippen LogP contribution in [0.2, 0.25) is 0 Å². The van der Waals surface area contributed by atoms with E-state index < -0.39 is 0 Å². The number of aliphatic hydroxyl groups excluding tert-OH is 1. The first-order valence-electron chi connectivity index (χ1n) is 18.6. The second kappa shape index (κ2) is 13.4. The molecule has 4 aliphatic carbocycles. The number of hydrogen-bond donors (Lipinski definition) is 3. The molecule has 2 saturated carbocycles. The van der Waals surface area contributed by atoms with Crippen molar-refractivity contribution < 1.29 is 19.4 Å². The number of nitrogens with one attached hydrogen (secondary N) is 2. The number of amides is 2. The van der Waals surface area contributed by atoms with Crippen molar-refractivity contribution in [2.75, 3.05) is 26.2 Å². The third kappa shape index (κ3) is 6.20. The summed E-state index contributed by atoms with van der Waals surface area (Å²) < 4.78 is 7.30. The summed E-state index contributed by atoms with van der Waals surface area (Å²) in [4.78, 5) is 26.6. The van der Waals surface area contributed by atoms with Crippen molar-refractivity contribution in [3.63, 3.8) is 0 Å². The van der Waals surface area contributed by atoms with Crippen molar-refractivity contribution in [1.29, 1.82) is 0 Å². The van der Waals surface area contributed by atoms with Crippen molar-refractivity contribution >= 4 is 11.8 Å². The number of nitrogens with zero attached hydrogens (tertiary/aromatic N) is 1. The van der Waals surface area contributed by atoms with Crippen LogP contribution in [0.25, 0.3) is 0 Å². The Bertz CT molecular complexity index is 1180. The zero-order valence-electron chi connectivity index (χ0n) is 28.8. The second-order valence-electron chi connectivity index (χ2n) is 16.1. The summed E-state index contributed by atoms with van der Waals surface area (Å²) in [6.07, 6.45) is 15.3. The van der Waals surface area contributed by atoms with Crippen molar-refractivity contribution in [2.45, 2.75) is 142 Å². The normalized spacial score (nSPS) is 40.8. The number of allylic oxidation sites excluding steroid dienone is 2. The van der Waals surface area contributed by atoms with Crippen LogP contribution in [0, 0.1) is 35.0 Å². The van der Waals surface area contributed by atoms with Crippen LogP contribution in [0.15, 0.2) is 22.8 Å². The zero-order valence-corrected chi connectivity index (χ0v) is 28.8. The lowest BCUT2D eigenvalue weighted by Crippen LogP contribution is -2.54. The van der Waals surface area contributed by atoms with Gasteiger partial charge < -0.3 is 20.5 Å². The highest BCUT2D eigenvalue weighted by atomic mass is 16.5. The summed E-state index contributed by atoms with van der Waals surface area (Å²) in [6.45, 7) is 15.0. The van der Waals surface area contributed by atoms with Gasteiger partial charge in [-0.2, -0.15) is 0 Å². The minimum absolute atomic E-state index is 0.0950. The molecule has 0 aromatic rings. The molecule has 45 heavy (non-hydrogen) atoms. The molecule has 2 saturated heterocycles. The maximum absolute atomic E-state index is 12.6. The molecule has 1 unspecified atom stereocenters. The van der Waals surface area contributed by atoms with Crippen molar-refractivity contribution in [1.82, 2.24) is 15.5 Å². The van der Waals surface area contributed by atoms with E-state index >= 15 is 0 Å². The van der Waals surface area contributed by atoms with E-state index in [1.54, 1.807) is 16.7 Å². The predicted molar refractivity (Wildman–Crippen MR) is 178 cm³/mol. The number of aliphatic hydroxyl groups is 1. The summed E-state index contributed by atoms with van der Waals surface area (Å²) in [5.74, 6) is 3.40. The number of unbranched alkanes of at least 4 members (excludes halogenated alkanes) is 2. The lowest BCUT2D eigenvalue weighted by atomic mass is 9.56. The number of carbonyl (C=O) groups is 2. The van der Waals surface area contributed by atoms with Gasteiger partial charge in [0.1, 0.15) is 0 Å². The number of rotatable bonds is 10. The van der Waals surface area contributed by atoms with E-state index in [-0.39, 0.29) is 35.0 Å². The Labute approximate surface area is 272 Å². The summed E-state index contributed by atoms with van der Waals surface area (Å²) in [7, 11) is 0. The first-order chi connectivity index (χ1) is 21.6. The summed E-state index contributed by atoms with van der Waals surface area (Å²) in [5, 5.41) is 16.5.